The van der Waals surface area contributed by atoms with E-state index in [0.29, 0.717) is 6.54 Å². The number of carbonyl (C=O) groups excluding carboxylic acids is 2. The highest BCUT2D eigenvalue weighted by atomic mass is 16.2. The fraction of sp³-hybridized carbons (Fsp3) is 0.714. The Morgan fingerprint density at radius 2 is 2.11 bits per heavy atom. The van der Waals surface area contributed by atoms with Gasteiger partial charge in [0, 0.05) is 6.54 Å². The van der Waals surface area contributed by atoms with E-state index < -0.39 is 0 Å². The van der Waals surface area contributed by atoms with E-state index in [4.69, 9.17) is 0 Å². The normalized spacial score (nSPS) is 29.0. The van der Waals surface area contributed by atoms with E-state index in [1.165, 1.54) is 18.4 Å². The van der Waals surface area contributed by atoms with Crippen molar-refractivity contribution in [3.8, 4) is 0 Å². The lowest BCUT2D eigenvalue weighted by Gasteiger charge is -2.36. The molecule has 1 aliphatic heterocycles. The molecule has 1 N–H and O–H groups in total. The highest BCUT2D eigenvalue weighted by Gasteiger charge is 2.35. The average molecular weight is 250 g/mol. The Labute approximate surface area is 108 Å². The minimum absolute atomic E-state index is 0.0403. The van der Waals surface area contributed by atoms with Crippen molar-refractivity contribution in [2.24, 2.45) is 0 Å². The predicted molar refractivity (Wildman–Crippen MR) is 69.9 cm³/mol. The van der Waals surface area contributed by atoms with Gasteiger partial charge in [-0.3, -0.25) is 9.59 Å². The number of piperazine rings is 1. The van der Waals surface area contributed by atoms with Crippen molar-refractivity contribution in [2.75, 3.05) is 6.54 Å². The topological polar surface area (TPSA) is 49.4 Å². The molecule has 2 atom stereocenters. The molecule has 0 spiro atoms. The van der Waals surface area contributed by atoms with Gasteiger partial charge in [-0.25, -0.2) is 0 Å². The molecule has 18 heavy (non-hydrogen) atoms. The zero-order valence-corrected chi connectivity index (χ0v) is 11.2. The maximum atomic E-state index is 12.0. The zero-order valence-electron chi connectivity index (χ0n) is 11.2. The first-order chi connectivity index (χ1) is 8.59. The Morgan fingerprint density at radius 3 is 2.78 bits per heavy atom. The lowest BCUT2D eigenvalue weighted by atomic mass is 9.96. The lowest BCUT2D eigenvalue weighted by Crippen LogP contribution is -2.61. The van der Waals surface area contributed by atoms with Gasteiger partial charge < -0.3 is 10.2 Å². The van der Waals surface area contributed by atoms with Crippen LogP contribution in [0.3, 0.4) is 0 Å². The number of hydrogen-bond donors (Lipinski definition) is 1. The van der Waals surface area contributed by atoms with Crippen molar-refractivity contribution in [1.82, 2.24) is 10.2 Å². The summed E-state index contributed by atoms with van der Waals surface area (Å²) in [7, 11) is 0. The lowest BCUT2D eigenvalue weighted by molar-refractivity contribution is -0.148. The van der Waals surface area contributed by atoms with Crippen LogP contribution in [0.1, 0.15) is 46.0 Å². The molecule has 1 heterocycles. The molecular weight excluding hydrogens is 228 g/mol. The molecule has 1 saturated heterocycles. The first-order valence-corrected chi connectivity index (χ1v) is 6.88. The minimum Gasteiger partial charge on any atom is -0.343 e. The van der Waals surface area contributed by atoms with Gasteiger partial charge in [0.2, 0.25) is 11.8 Å². The highest BCUT2D eigenvalue weighted by Crippen LogP contribution is 2.21. The Bertz CT molecular complexity index is 376. The third-order valence-corrected chi connectivity index (χ3v) is 3.92. The molecule has 2 rings (SSSR count). The van der Waals surface area contributed by atoms with Crippen LogP contribution in [-0.2, 0) is 9.59 Å². The van der Waals surface area contributed by atoms with Crippen LogP contribution >= 0.6 is 0 Å². The standard InChI is InChI=1S/C14H22N2O2/c1-10-14(18)16(11(2)13(17)15-10)9-8-12-6-4-3-5-7-12/h6,10-11H,3-5,7-9H2,1-2H3,(H,15,17). The molecule has 0 bridgehead atoms. The molecule has 0 aromatic carbocycles. The van der Waals surface area contributed by atoms with E-state index in [9.17, 15) is 9.59 Å². The van der Waals surface area contributed by atoms with Gasteiger partial charge in [-0.15, -0.1) is 0 Å². The zero-order chi connectivity index (χ0) is 13.1. The second kappa shape index (κ2) is 5.55. The molecule has 2 unspecified atom stereocenters. The summed E-state index contributed by atoms with van der Waals surface area (Å²) in [5.74, 6) is -0.00164. The molecule has 4 nitrogen and oxygen atoms in total. The number of allylic oxidation sites excluding steroid dienone is 1. The third kappa shape index (κ3) is 2.74. The van der Waals surface area contributed by atoms with Gasteiger partial charge in [-0.1, -0.05) is 11.6 Å². The summed E-state index contributed by atoms with van der Waals surface area (Å²) in [5.41, 5.74) is 1.44. The van der Waals surface area contributed by atoms with Crippen molar-refractivity contribution >= 4 is 11.8 Å². The second-order valence-corrected chi connectivity index (χ2v) is 5.30. The summed E-state index contributed by atoms with van der Waals surface area (Å²) in [4.78, 5) is 25.5. The van der Waals surface area contributed by atoms with Crippen LogP contribution in [0.25, 0.3) is 0 Å². The van der Waals surface area contributed by atoms with Gasteiger partial charge in [0.1, 0.15) is 12.1 Å². The molecule has 1 aliphatic carbocycles. The Kier molecular flexibility index (Phi) is 4.04. The van der Waals surface area contributed by atoms with Gasteiger partial charge >= 0.3 is 0 Å². The van der Waals surface area contributed by atoms with Gasteiger partial charge in [0.05, 0.1) is 0 Å². The largest absolute Gasteiger partial charge is 0.343 e. The summed E-state index contributed by atoms with van der Waals surface area (Å²) in [6.07, 6.45) is 8.06. The molecule has 4 heteroatoms. The van der Waals surface area contributed by atoms with Crippen molar-refractivity contribution in [1.29, 1.82) is 0 Å². The SMILES string of the molecule is CC1NC(=O)C(C)N(CCC2=CCCCC2)C1=O. The summed E-state index contributed by atoms with van der Waals surface area (Å²) in [6.45, 7) is 4.22. The molecule has 1 fully saturated rings. The van der Waals surface area contributed by atoms with Crippen LogP contribution in [0, 0.1) is 0 Å². The van der Waals surface area contributed by atoms with Gasteiger partial charge in [-0.05, 0) is 46.0 Å². The monoisotopic (exact) mass is 250 g/mol. The quantitative estimate of drug-likeness (QED) is 0.774. The van der Waals surface area contributed by atoms with Crippen molar-refractivity contribution in [2.45, 2.75) is 58.0 Å². The molecule has 0 radical (unpaired) electrons. The summed E-state index contributed by atoms with van der Waals surface area (Å²) >= 11 is 0. The Morgan fingerprint density at radius 1 is 1.33 bits per heavy atom. The Balaban J connectivity index is 1.95. The van der Waals surface area contributed by atoms with Gasteiger partial charge in [0.25, 0.3) is 0 Å². The smallest absolute Gasteiger partial charge is 0.245 e. The van der Waals surface area contributed by atoms with E-state index in [-0.39, 0.29) is 23.9 Å². The number of nitrogens with one attached hydrogen (secondary N) is 1. The van der Waals surface area contributed by atoms with Crippen LogP contribution in [0.5, 0.6) is 0 Å². The fourth-order valence-electron chi connectivity index (χ4n) is 2.68. The molecule has 100 valence electrons. The Hall–Kier alpha value is -1.32. The van der Waals surface area contributed by atoms with Crippen LogP contribution in [0.2, 0.25) is 0 Å². The fourth-order valence-corrected chi connectivity index (χ4v) is 2.68. The van der Waals surface area contributed by atoms with E-state index in [0.717, 1.165) is 19.3 Å². The van der Waals surface area contributed by atoms with Gasteiger partial charge in [-0.2, -0.15) is 0 Å². The molecule has 2 amide bonds. The highest BCUT2D eigenvalue weighted by molar-refractivity contribution is 5.96. The van der Waals surface area contributed by atoms with Crippen LogP contribution < -0.4 is 5.32 Å². The average Bonchev–Trinajstić information content (AvgIpc) is 2.38. The number of carbonyl (C=O) groups is 2. The molecule has 2 aliphatic rings. The molecular formula is C14H22N2O2. The predicted octanol–water partition coefficient (Wildman–Crippen LogP) is 1.61. The number of amides is 2. The number of rotatable bonds is 3. The number of nitrogens with zero attached hydrogens (tertiary/aromatic N) is 1. The van der Waals surface area contributed by atoms with Crippen LogP contribution in [0.4, 0.5) is 0 Å². The van der Waals surface area contributed by atoms with E-state index in [2.05, 4.69) is 11.4 Å². The summed E-state index contributed by atoms with van der Waals surface area (Å²) < 4.78 is 0. The molecule has 0 aromatic rings. The summed E-state index contributed by atoms with van der Waals surface area (Å²) in [6, 6.07) is -0.716. The third-order valence-electron chi connectivity index (χ3n) is 3.92. The van der Waals surface area contributed by atoms with Crippen LogP contribution in [-0.4, -0.2) is 35.3 Å². The summed E-state index contributed by atoms with van der Waals surface area (Å²) in [5, 5.41) is 2.70. The van der Waals surface area contributed by atoms with Crippen LogP contribution in [0.15, 0.2) is 11.6 Å². The molecule has 0 aromatic heterocycles. The number of hydrogen-bond acceptors (Lipinski definition) is 2. The van der Waals surface area contributed by atoms with Crippen molar-refractivity contribution < 1.29 is 9.59 Å². The van der Waals surface area contributed by atoms with E-state index in [1.807, 2.05) is 0 Å². The molecule has 0 saturated carbocycles. The van der Waals surface area contributed by atoms with E-state index >= 15 is 0 Å². The van der Waals surface area contributed by atoms with Crippen molar-refractivity contribution in [3.63, 3.8) is 0 Å². The first-order valence-electron chi connectivity index (χ1n) is 6.88. The maximum absolute atomic E-state index is 12.0. The first kappa shape index (κ1) is 13.1. The van der Waals surface area contributed by atoms with E-state index in [1.54, 1.807) is 18.7 Å². The minimum atomic E-state index is -0.381. The van der Waals surface area contributed by atoms with Crippen molar-refractivity contribution in [3.05, 3.63) is 11.6 Å². The van der Waals surface area contributed by atoms with Gasteiger partial charge in [0.15, 0.2) is 0 Å². The second-order valence-electron chi connectivity index (χ2n) is 5.30. The maximum Gasteiger partial charge on any atom is 0.245 e.